The lowest BCUT2D eigenvalue weighted by Crippen LogP contribution is -2.05. The second-order valence-corrected chi connectivity index (χ2v) is 4.75. The third kappa shape index (κ3) is 1.87. The second-order valence-electron chi connectivity index (χ2n) is 4.75. The molecule has 0 radical (unpaired) electrons. The van der Waals surface area contributed by atoms with Crippen LogP contribution in [0.1, 0.15) is 27.5 Å². The summed E-state index contributed by atoms with van der Waals surface area (Å²) in [6.07, 6.45) is 1.72. The molecule has 0 saturated heterocycles. The summed E-state index contributed by atoms with van der Waals surface area (Å²) >= 11 is 0. The van der Waals surface area contributed by atoms with Gasteiger partial charge in [-0.2, -0.15) is 0 Å². The first-order chi connectivity index (χ1) is 9.58. The molecule has 5 nitrogen and oxygen atoms in total. The fourth-order valence-electron chi connectivity index (χ4n) is 2.30. The number of carbonyl (C=O) groups is 1. The fourth-order valence-corrected chi connectivity index (χ4v) is 2.30. The molecule has 2 aromatic heterocycles. The third-order valence-electron chi connectivity index (χ3n) is 3.57. The summed E-state index contributed by atoms with van der Waals surface area (Å²) in [7, 11) is 0. The van der Waals surface area contributed by atoms with Crippen molar-refractivity contribution in [3.05, 3.63) is 53.3 Å². The normalized spacial score (nSPS) is 11.1. The number of para-hydroxylation sites is 1. The number of aryl methyl sites for hydroxylation is 1. The number of imidazole rings is 1. The first kappa shape index (κ1) is 12.5. The number of nitrogens with zero attached hydrogens (tertiary/aromatic N) is 2. The number of fused-ring (bicyclic) bond motifs is 1. The van der Waals surface area contributed by atoms with Crippen LogP contribution in [-0.4, -0.2) is 20.6 Å². The molecule has 0 fully saturated rings. The summed E-state index contributed by atoms with van der Waals surface area (Å²) in [5, 5.41) is 10.1. The molecular weight excluding hydrogens is 256 g/mol. The van der Waals surface area contributed by atoms with Crippen LogP contribution in [0.4, 0.5) is 0 Å². The van der Waals surface area contributed by atoms with Crippen molar-refractivity contribution in [2.45, 2.75) is 20.4 Å². The predicted octanol–water partition coefficient (Wildman–Crippen LogP) is 2.99. The minimum absolute atomic E-state index is 0.00282. The van der Waals surface area contributed by atoms with Crippen LogP contribution in [-0.2, 0) is 6.54 Å². The minimum Gasteiger partial charge on any atom is -0.475 e. The van der Waals surface area contributed by atoms with E-state index in [4.69, 9.17) is 4.42 Å². The van der Waals surface area contributed by atoms with Gasteiger partial charge in [-0.15, -0.1) is 0 Å². The van der Waals surface area contributed by atoms with Crippen LogP contribution in [0.5, 0.6) is 0 Å². The molecular formula is C15H14N2O3. The first-order valence-corrected chi connectivity index (χ1v) is 6.30. The molecule has 2 heterocycles. The summed E-state index contributed by atoms with van der Waals surface area (Å²) in [6.45, 7) is 4.33. The van der Waals surface area contributed by atoms with E-state index in [2.05, 4.69) is 4.98 Å². The molecule has 3 rings (SSSR count). The molecule has 20 heavy (non-hydrogen) atoms. The number of hydrogen-bond acceptors (Lipinski definition) is 3. The van der Waals surface area contributed by atoms with Crippen LogP contribution in [0.2, 0.25) is 0 Å². The average Bonchev–Trinajstić information content (AvgIpc) is 2.95. The van der Waals surface area contributed by atoms with Crippen molar-refractivity contribution in [2.75, 3.05) is 0 Å². The van der Waals surface area contributed by atoms with Gasteiger partial charge in [0.05, 0.1) is 18.6 Å². The largest absolute Gasteiger partial charge is 0.475 e. The van der Waals surface area contributed by atoms with Crippen LogP contribution in [0.15, 0.2) is 35.0 Å². The van der Waals surface area contributed by atoms with E-state index in [9.17, 15) is 9.90 Å². The van der Waals surface area contributed by atoms with Crippen LogP contribution in [0.3, 0.4) is 0 Å². The Labute approximate surface area is 115 Å². The zero-order valence-corrected chi connectivity index (χ0v) is 11.3. The maximum Gasteiger partial charge on any atom is 0.372 e. The van der Waals surface area contributed by atoms with E-state index >= 15 is 0 Å². The van der Waals surface area contributed by atoms with E-state index in [0.29, 0.717) is 17.7 Å². The summed E-state index contributed by atoms with van der Waals surface area (Å²) in [6, 6.07) is 7.35. The zero-order chi connectivity index (χ0) is 14.3. The van der Waals surface area contributed by atoms with Crippen molar-refractivity contribution in [1.29, 1.82) is 0 Å². The van der Waals surface area contributed by atoms with Crippen LogP contribution >= 0.6 is 0 Å². The lowest BCUT2D eigenvalue weighted by Gasteiger charge is -2.05. The van der Waals surface area contributed by atoms with Crippen LogP contribution in [0, 0.1) is 13.8 Å². The SMILES string of the molecule is Cc1ncn(Cc2c(C(=O)O)oc3ccccc23)c1C. The topological polar surface area (TPSA) is 68.3 Å². The third-order valence-corrected chi connectivity index (χ3v) is 3.57. The number of aromatic nitrogens is 2. The molecule has 1 N–H and O–H groups in total. The van der Waals surface area contributed by atoms with Crippen molar-refractivity contribution >= 4 is 16.9 Å². The highest BCUT2D eigenvalue weighted by Crippen LogP contribution is 2.27. The first-order valence-electron chi connectivity index (χ1n) is 6.30. The summed E-state index contributed by atoms with van der Waals surface area (Å²) < 4.78 is 7.38. The highest BCUT2D eigenvalue weighted by atomic mass is 16.4. The maximum absolute atomic E-state index is 11.4. The minimum atomic E-state index is -1.05. The number of carboxylic acid groups (broad SMARTS) is 1. The Kier molecular flexibility index (Phi) is 2.82. The molecule has 102 valence electrons. The Bertz CT molecular complexity index is 799. The predicted molar refractivity (Wildman–Crippen MR) is 74.0 cm³/mol. The molecule has 0 bridgehead atoms. The van der Waals surface area contributed by atoms with Crippen LogP contribution < -0.4 is 0 Å². The average molecular weight is 270 g/mol. The van der Waals surface area contributed by atoms with Gasteiger partial charge in [-0.1, -0.05) is 18.2 Å². The van der Waals surface area contributed by atoms with E-state index in [1.807, 2.05) is 36.6 Å². The molecule has 1 aromatic carbocycles. The van der Waals surface area contributed by atoms with Crippen molar-refractivity contribution in [1.82, 2.24) is 9.55 Å². The van der Waals surface area contributed by atoms with Gasteiger partial charge < -0.3 is 14.1 Å². The smallest absolute Gasteiger partial charge is 0.372 e. The van der Waals surface area contributed by atoms with Crippen LogP contribution in [0.25, 0.3) is 11.0 Å². The molecule has 3 aromatic rings. The van der Waals surface area contributed by atoms with Crippen molar-refractivity contribution in [3.8, 4) is 0 Å². The quantitative estimate of drug-likeness (QED) is 0.794. The fraction of sp³-hybridized carbons (Fsp3) is 0.200. The van der Waals surface area contributed by atoms with E-state index in [0.717, 1.165) is 16.8 Å². The number of rotatable bonds is 3. The molecule has 0 amide bonds. The van der Waals surface area contributed by atoms with E-state index in [1.54, 1.807) is 12.4 Å². The summed E-state index contributed by atoms with van der Waals surface area (Å²) in [4.78, 5) is 15.6. The van der Waals surface area contributed by atoms with Gasteiger partial charge in [-0.05, 0) is 19.9 Å². The Morgan fingerprint density at radius 3 is 2.75 bits per heavy atom. The number of benzene rings is 1. The van der Waals surface area contributed by atoms with Gasteiger partial charge in [-0.3, -0.25) is 0 Å². The van der Waals surface area contributed by atoms with Crippen molar-refractivity contribution < 1.29 is 14.3 Å². The monoisotopic (exact) mass is 270 g/mol. The van der Waals surface area contributed by atoms with E-state index < -0.39 is 5.97 Å². The molecule has 0 atom stereocenters. The molecule has 0 aliphatic heterocycles. The number of aromatic carboxylic acids is 1. The zero-order valence-electron chi connectivity index (χ0n) is 11.3. The highest BCUT2D eigenvalue weighted by Gasteiger charge is 2.20. The second kappa shape index (κ2) is 4.52. The van der Waals surface area contributed by atoms with Gasteiger partial charge >= 0.3 is 5.97 Å². The molecule has 5 heteroatoms. The van der Waals surface area contributed by atoms with Crippen molar-refractivity contribution in [2.24, 2.45) is 0 Å². The van der Waals surface area contributed by atoms with Gasteiger partial charge in [0.15, 0.2) is 0 Å². The van der Waals surface area contributed by atoms with Gasteiger partial charge in [0.25, 0.3) is 0 Å². The van der Waals surface area contributed by atoms with Gasteiger partial charge in [0.2, 0.25) is 5.76 Å². The summed E-state index contributed by atoms with van der Waals surface area (Å²) in [5.41, 5.74) is 3.23. The van der Waals surface area contributed by atoms with E-state index in [-0.39, 0.29) is 5.76 Å². The number of furan rings is 1. The maximum atomic E-state index is 11.4. The Balaban J connectivity index is 2.16. The van der Waals surface area contributed by atoms with Gasteiger partial charge in [-0.25, -0.2) is 9.78 Å². The van der Waals surface area contributed by atoms with E-state index in [1.165, 1.54) is 0 Å². The number of hydrogen-bond donors (Lipinski definition) is 1. The molecule has 0 aliphatic rings. The summed E-state index contributed by atoms with van der Waals surface area (Å²) in [5.74, 6) is -1.05. The lowest BCUT2D eigenvalue weighted by atomic mass is 10.1. The lowest BCUT2D eigenvalue weighted by molar-refractivity contribution is 0.0663. The molecule has 0 saturated carbocycles. The molecule has 0 spiro atoms. The number of carboxylic acids is 1. The standard InChI is InChI=1S/C15H14N2O3/c1-9-10(2)17(8-16-9)7-12-11-5-3-4-6-13(11)20-14(12)15(18)19/h3-6,8H,7H2,1-2H3,(H,18,19). The highest BCUT2D eigenvalue weighted by molar-refractivity contribution is 5.95. The van der Waals surface area contributed by atoms with Gasteiger partial charge in [0.1, 0.15) is 5.58 Å². The van der Waals surface area contributed by atoms with Crippen molar-refractivity contribution in [3.63, 3.8) is 0 Å². The molecule has 0 aliphatic carbocycles. The van der Waals surface area contributed by atoms with Gasteiger partial charge in [0, 0.05) is 16.6 Å². The Morgan fingerprint density at radius 2 is 2.10 bits per heavy atom. The Morgan fingerprint density at radius 1 is 1.35 bits per heavy atom. The Hall–Kier alpha value is -2.56. The molecule has 0 unspecified atom stereocenters.